The normalized spacial score (nSPS) is 18.1. The lowest BCUT2D eigenvalue weighted by molar-refractivity contribution is -0.143. The van der Waals surface area contributed by atoms with Crippen LogP contribution in [0, 0.1) is 0 Å². The summed E-state index contributed by atoms with van der Waals surface area (Å²) in [6, 6.07) is 0. The largest absolute Gasteiger partial charge is 0.466 e. The van der Waals surface area contributed by atoms with Crippen molar-refractivity contribution in [3.05, 3.63) is 0 Å². The molecule has 0 aromatic rings. The van der Waals surface area contributed by atoms with E-state index in [4.69, 9.17) is 9.47 Å². The van der Waals surface area contributed by atoms with Gasteiger partial charge >= 0.3 is 5.97 Å². The summed E-state index contributed by atoms with van der Waals surface area (Å²) in [7, 11) is 0. The highest BCUT2D eigenvalue weighted by Gasteiger charge is 2.20. The van der Waals surface area contributed by atoms with E-state index in [0.717, 1.165) is 19.4 Å². The number of hydrogen-bond donors (Lipinski definition) is 0. The number of esters is 1. The summed E-state index contributed by atoms with van der Waals surface area (Å²) in [6.07, 6.45) is 11.1. The fourth-order valence-electron chi connectivity index (χ4n) is 1.99. The molecule has 1 atom stereocenters. The van der Waals surface area contributed by atoms with E-state index >= 15 is 0 Å². The van der Waals surface area contributed by atoms with Crippen molar-refractivity contribution in [1.29, 1.82) is 0 Å². The molecule has 0 aromatic carbocycles. The van der Waals surface area contributed by atoms with E-state index in [9.17, 15) is 4.79 Å². The molecular weight excluding hydrogens is 216 g/mol. The molecular formula is C14H26O3. The molecule has 1 unspecified atom stereocenters. The highest BCUT2D eigenvalue weighted by Crippen LogP contribution is 2.18. The summed E-state index contributed by atoms with van der Waals surface area (Å²) in [5, 5.41) is 0. The van der Waals surface area contributed by atoms with Gasteiger partial charge in [0.2, 0.25) is 0 Å². The summed E-state index contributed by atoms with van der Waals surface area (Å²) in [6.45, 7) is 3.35. The first kappa shape index (κ1) is 14.5. The van der Waals surface area contributed by atoms with Gasteiger partial charge < -0.3 is 9.47 Å². The minimum absolute atomic E-state index is 0.0445. The number of hydrogen-bond acceptors (Lipinski definition) is 3. The lowest BCUT2D eigenvalue weighted by Crippen LogP contribution is -2.03. The maximum Gasteiger partial charge on any atom is 0.305 e. The third-order valence-electron chi connectivity index (χ3n) is 3.11. The van der Waals surface area contributed by atoms with Gasteiger partial charge in [0.05, 0.1) is 19.3 Å². The standard InChI is InChI=1S/C14H26O3/c1-2-16-14(15)11-9-7-5-3-4-6-8-10-13-12-17-13/h13H,2-12H2,1H3. The lowest BCUT2D eigenvalue weighted by atomic mass is 10.1. The molecule has 1 aliphatic rings. The molecule has 1 heterocycles. The van der Waals surface area contributed by atoms with Crippen LogP contribution in [0.5, 0.6) is 0 Å². The summed E-state index contributed by atoms with van der Waals surface area (Å²) < 4.78 is 10.0. The average Bonchev–Trinajstić information content (AvgIpc) is 3.11. The van der Waals surface area contributed by atoms with Crippen LogP contribution in [-0.2, 0) is 14.3 Å². The highest BCUT2D eigenvalue weighted by atomic mass is 16.6. The van der Waals surface area contributed by atoms with E-state index in [0.29, 0.717) is 19.1 Å². The van der Waals surface area contributed by atoms with Crippen LogP contribution < -0.4 is 0 Å². The van der Waals surface area contributed by atoms with Crippen LogP contribution in [0.15, 0.2) is 0 Å². The van der Waals surface area contributed by atoms with Crippen LogP contribution in [0.25, 0.3) is 0 Å². The Morgan fingerprint density at radius 3 is 2.29 bits per heavy atom. The SMILES string of the molecule is CCOC(=O)CCCCCCCCCC1CO1. The average molecular weight is 242 g/mol. The van der Waals surface area contributed by atoms with Gasteiger partial charge in [-0.2, -0.15) is 0 Å². The van der Waals surface area contributed by atoms with Crippen LogP contribution in [-0.4, -0.2) is 25.3 Å². The number of rotatable bonds is 11. The van der Waals surface area contributed by atoms with Crippen molar-refractivity contribution in [2.75, 3.05) is 13.2 Å². The summed E-state index contributed by atoms with van der Waals surface area (Å²) >= 11 is 0. The Morgan fingerprint density at radius 2 is 1.71 bits per heavy atom. The molecule has 0 N–H and O–H groups in total. The van der Waals surface area contributed by atoms with Crippen LogP contribution >= 0.6 is 0 Å². The molecule has 0 aliphatic carbocycles. The van der Waals surface area contributed by atoms with Crippen LogP contribution in [0.2, 0.25) is 0 Å². The Morgan fingerprint density at radius 1 is 1.12 bits per heavy atom. The van der Waals surface area contributed by atoms with Crippen LogP contribution in [0.3, 0.4) is 0 Å². The molecule has 0 aromatic heterocycles. The maximum absolute atomic E-state index is 11.1. The van der Waals surface area contributed by atoms with Gasteiger partial charge in [0, 0.05) is 6.42 Å². The third-order valence-corrected chi connectivity index (χ3v) is 3.11. The zero-order chi connectivity index (χ0) is 12.3. The van der Waals surface area contributed by atoms with Gasteiger partial charge in [-0.1, -0.05) is 38.5 Å². The molecule has 1 saturated heterocycles. The maximum atomic E-state index is 11.1. The summed E-state index contributed by atoms with van der Waals surface area (Å²) in [4.78, 5) is 11.1. The molecule has 100 valence electrons. The number of carbonyl (C=O) groups excluding carboxylic acids is 1. The van der Waals surface area contributed by atoms with Crippen molar-refractivity contribution in [2.45, 2.75) is 70.8 Å². The second-order valence-electron chi connectivity index (χ2n) is 4.77. The molecule has 1 fully saturated rings. The fourth-order valence-corrected chi connectivity index (χ4v) is 1.99. The van der Waals surface area contributed by atoms with Crippen LogP contribution in [0.1, 0.15) is 64.7 Å². The Bertz CT molecular complexity index is 200. The minimum Gasteiger partial charge on any atom is -0.466 e. The zero-order valence-electron chi connectivity index (χ0n) is 11.1. The predicted octanol–water partition coefficient (Wildman–Crippen LogP) is 3.46. The number of epoxide rings is 1. The molecule has 17 heavy (non-hydrogen) atoms. The van der Waals surface area contributed by atoms with Crippen molar-refractivity contribution in [3.63, 3.8) is 0 Å². The van der Waals surface area contributed by atoms with E-state index in [1.165, 1.54) is 38.5 Å². The fraction of sp³-hybridized carbons (Fsp3) is 0.929. The molecule has 0 spiro atoms. The van der Waals surface area contributed by atoms with Crippen molar-refractivity contribution in [3.8, 4) is 0 Å². The first-order valence-corrected chi connectivity index (χ1v) is 7.10. The van der Waals surface area contributed by atoms with Crippen LogP contribution in [0.4, 0.5) is 0 Å². The monoisotopic (exact) mass is 242 g/mol. The van der Waals surface area contributed by atoms with E-state index in [1.807, 2.05) is 6.92 Å². The molecule has 1 aliphatic heterocycles. The van der Waals surface area contributed by atoms with Crippen molar-refractivity contribution in [1.82, 2.24) is 0 Å². The van der Waals surface area contributed by atoms with Gasteiger partial charge in [0.1, 0.15) is 0 Å². The van der Waals surface area contributed by atoms with Crippen molar-refractivity contribution < 1.29 is 14.3 Å². The Hall–Kier alpha value is -0.570. The predicted molar refractivity (Wildman–Crippen MR) is 67.9 cm³/mol. The van der Waals surface area contributed by atoms with Gasteiger partial charge in [0.25, 0.3) is 0 Å². The number of ether oxygens (including phenoxy) is 2. The Kier molecular flexibility index (Phi) is 8.06. The first-order valence-electron chi connectivity index (χ1n) is 7.10. The smallest absolute Gasteiger partial charge is 0.305 e. The van der Waals surface area contributed by atoms with Gasteiger partial charge in [0.15, 0.2) is 0 Å². The van der Waals surface area contributed by atoms with E-state index in [2.05, 4.69) is 0 Å². The zero-order valence-corrected chi connectivity index (χ0v) is 11.1. The van der Waals surface area contributed by atoms with E-state index in [-0.39, 0.29) is 5.97 Å². The third kappa shape index (κ3) is 9.16. The van der Waals surface area contributed by atoms with Gasteiger partial charge in [-0.15, -0.1) is 0 Å². The quantitative estimate of drug-likeness (QED) is 0.316. The Labute approximate surface area is 105 Å². The number of carbonyl (C=O) groups is 1. The van der Waals surface area contributed by atoms with Crippen molar-refractivity contribution in [2.24, 2.45) is 0 Å². The molecule has 0 saturated carbocycles. The first-order chi connectivity index (χ1) is 8.33. The second-order valence-corrected chi connectivity index (χ2v) is 4.77. The van der Waals surface area contributed by atoms with E-state index < -0.39 is 0 Å². The summed E-state index contributed by atoms with van der Waals surface area (Å²) in [5.74, 6) is -0.0445. The minimum atomic E-state index is -0.0445. The molecule has 3 nitrogen and oxygen atoms in total. The highest BCUT2D eigenvalue weighted by molar-refractivity contribution is 5.69. The topological polar surface area (TPSA) is 38.8 Å². The molecule has 0 amide bonds. The van der Waals surface area contributed by atoms with E-state index in [1.54, 1.807) is 0 Å². The molecule has 0 radical (unpaired) electrons. The van der Waals surface area contributed by atoms with Crippen molar-refractivity contribution >= 4 is 5.97 Å². The molecule has 3 heteroatoms. The summed E-state index contributed by atoms with van der Waals surface area (Å²) in [5.41, 5.74) is 0. The number of unbranched alkanes of at least 4 members (excludes halogenated alkanes) is 6. The molecule has 0 bridgehead atoms. The van der Waals surface area contributed by atoms with Gasteiger partial charge in [-0.25, -0.2) is 0 Å². The second kappa shape index (κ2) is 9.46. The lowest BCUT2D eigenvalue weighted by Gasteiger charge is -2.02. The Balaban J connectivity index is 1.70. The van der Waals surface area contributed by atoms with Gasteiger partial charge in [-0.3, -0.25) is 4.79 Å². The van der Waals surface area contributed by atoms with Gasteiger partial charge in [-0.05, 0) is 19.8 Å². The molecule has 1 rings (SSSR count).